The van der Waals surface area contributed by atoms with E-state index in [1.165, 1.54) is 36.0 Å². The van der Waals surface area contributed by atoms with Crippen molar-refractivity contribution in [1.29, 1.82) is 0 Å². The van der Waals surface area contributed by atoms with Crippen LogP contribution in [-0.2, 0) is 28.4 Å². The van der Waals surface area contributed by atoms with E-state index < -0.39 is 49.6 Å². The lowest BCUT2D eigenvalue weighted by Gasteiger charge is -2.45. The van der Waals surface area contributed by atoms with Crippen LogP contribution in [0.1, 0.15) is 110 Å². The summed E-state index contributed by atoms with van der Waals surface area (Å²) in [5.74, 6) is -3.26. The normalized spacial score (nSPS) is 29.1. The second kappa shape index (κ2) is 19.8. The number of nitrogens with zero attached hydrogens (tertiary/aromatic N) is 3. The molecular weight excluding hydrogens is 924 g/mol. The van der Waals surface area contributed by atoms with E-state index in [2.05, 4.69) is 32.3 Å². The van der Waals surface area contributed by atoms with Crippen molar-refractivity contribution in [2.24, 2.45) is 5.92 Å². The van der Waals surface area contributed by atoms with Gasteiger partial charge in [0, 0.05) is 53.4 Å². The average molecular weight is 986 g/mol. The molecule has 0 bridgehead atoms. The van der Waals surface area contributed by atoms with Crippen molar-refractivity contribution in [2.75, 3.05) is 33.4 Å². The third-order valence-corrected chi connectivity index (χ3v) is 18.9. The molecule has 6 aliphatic rings. The van der Waals surface area contributed by atoms with Gasteiger partial charge < -0.3 is 34.0 Å². The van der Waals surface area contributed by atoms with E-state index in [0.29, 0.717) is 79.7 Å². The van der Waals surface area contributed by atoms with Crippen molar-refractivity contribution in [3.05, 3.63) is 101 Å². The number of hydrogen-bond acceptors (Lipinski definition) is 10. The van der Waals surface area contributed by atoms with Gasteiger partial charge >= 0.3 is 13.5 Å². The van der Waals surface area contributed by atoms with E-state index in [4.69, 9.17) is 14.0 Å². The number of esters is 1. The lowest BCUT2D eigenvalue weighted by atomic mass is 9.86. The number of thiophene rings is 1. The molecule has 368 valence electrons. The van der Waals surface area contributed by atoms with Crippen LogP contribution in [0.5, 0.6) is 5.75 Å². The number of rotatable bonds is 15. The van der Waals surface area contributed by atoms with E-state index in [9.17, 15) is 28.1 Å². The van der Waals surface area contributed by atoms with Gasteiger partial charge in [0.1, 0.15) is 30.0 Å². The molecule has 2 aliphatic carbocycles. The fourth-order valence-electron chi connectivity index (χ4n) is 11.4. The number of alkyl halides is 2. The third-order valence-electron chi connectivity index (χ3n) is 15.7. The molecule has 3 aromatic carbocycles. The number of likely N-dealkylation sites (tertiary alicyclic amines) is 1. The highest BCUT2D eigenvalue weighted by Gasteiger charge is 2.59. The minimum absolute atomic E-state index is 0.00968. The largest absolute Gasteiger partial charge is 0.464 e. The fraction of sp³-hybridized carbons (Fsp3) is 0.538. The molecule has 69 heavy (non-hydrogen) atoms. The zero-order chi connectivity index (χ0) is 48.0. The highest BCUT2D eigenvalue weighted by atomic mass is 32.1. The molecule has 6 fully saturated rings. The Morgan fingerprint density at radius 3 is 2.42 bits per heavy atom. The second-order valence-corrected chi connectivity index (χ2v) is 23.5. The Kier molecular flexibility index (Phi) is 13.8. The first kappa shape index (κ1) is 47.9. The van der Waals surface area contributed by atoms with E-state index in [1.807, 2.05) is 25.2 Å². The molecule has 2 saturated carbocycles. The molecule has 2 N–H and O–H groups in total. The molecule has 4 saturated heterocycles. The van der Waals surface area contributed by atoms with Crippen molar-refractivity contribution in [2.45, 2.75) is 137 Å². The minimum Gasteiger partial charge on any atom is -0.464 e. The van der Waals surface area contributed by atoms with Gasteiger partial charge in [-0.2, -0.15) is 0 Å². The number of ether oxygens (including phenoxy) is 2. The van der Waals surface area contributed by atoms with Gasteiger partial charge in [-0.3, -0.25) is 23.7 Å². The maximum absolute atomic E-state index is 16.9. The molecule has 1 spiro atoms. The van der Waals surface area contributed by atoms with E-state index in [0.717, 1.165) is 25.7 Å². The first-order valence-corrected chi connectivity index (χ1v) is 27.2. The molecule has 5 heterocycles. The molecule has 9 atom stereocenters. The van der Waals surface area contributed by atoms with Crippen molar-refractivity contribution < 1.29 is 46.5 Å². The van der Waals surface area contributed by atoms with Crippen LogP contribution < -0.4 is 14.9 Å². The predicted octanol–water partition coefficient (Wildman–Crippen LogP) is 8.69. The SMILES string of the molecule is C[C@H](NP(=O)(Oc1ccccc1)[C@@H](F)c1ccc2sc(C(=O)N[C@H]3CC[C@H](N(C)C4CC(F)C4)C[C@H]4CC[C@@H](C(=O)N5C[C@H](c6ccccc6)CC56CC6)N4C3=O)cc2c1)C(=O)OC[C@@H]1CCOC1. The van der Waals surface area contributed by atoms with Crippen LogP contribution in [0.2, 0.25) is 0 Å². The minimum atomic E-state index is -4.52. The summed E-state index contributed by atoms with van der Waals surface area (Å²) in [6, 6.07) is 21.9. The number of hydrogen-bond donors (Lipinski definition) is 2. The van der Waals surface area contributed by atoms with Crippen molar-refractivity contribution >= 4 is 52.6 Å². The highest BCUT2D eigenvalue weighted by Crippen LogP contribution is 2.58. The van der Waals surface area contributed by atoms with Crippen LogP contribution in [0.25, 0.3) is 10.1 Å². The average Bonchev–Trinajstić information content (AvgIpc) is 3.79. The van der Waals surface area contributed by atoms with Gasteiger partial charge in [0.2, 0.25) is 17.7 Å². The number of fused-ring (bicyclic) bond motifs is 2. The number of benzene rings is 3. The molecule has 3 amide bonds. The van der Waals surface area contributed by atoms with Gasteiger partial charge in [-0.1, -0.05) is 54.6 Å². The number of carbonyl (C=O) groups excluding carboxylic acids is 4. The van der Waals surface area contributed by atoms with E-state index >= 15 is 4.39 Å². The van der Waals surface area contributed by atoms with Crippen LogP contribution in [0.15, 0.2) is 84.9 Å². The van der Waals surface area contributed by atoms with Crippen molar-refractivity contribution in [3.63, 3.8) is 0 Å². The lowest BCUT2D eigenvalue weighted by molar-refractivity contribution is -0.148. The van der Waals surface area contributed by atoms with Gasteiger partial charge in [0.25, 0.3) is 5.91 Å². The molecule has 0 radical (unpaired) electrons. The molecule has 4 aliphatic heterocycles. The number of nitrogens with one attached hydrogen (secondary N) is 2. The maximum atomic E-state index is 16.9. The number of para-hydroxylation sites is 1. The summed E-state index contributed by atoms with van der Waals surface area (Å²) in [7, 11) is -2.49. The van der Waals surface area contributed by atoms with Gasteiger partial charge in [-0.15, -0.1) is 11.3 Å². The first-order valence-electron chi connectivity index (χ1n) is 24.7. The monoisotopic (exact) mass is 985 g/mol. The Morgan fingerprint density at radius 1 is 0.957 bits per heavy atom. The Morgan fingerprint density at radius 2 is 1.71 bits per heavy atom. The van der Waals surface area contributed by atoms with Crippen LogP contribution in [-0.4, -0.2) is 120 Å². The zero-order valence-electron chi connectivity index (χ0n) is 39.2. The van der Waals surface area contributed by atoms with Crippen LogP contribution >= 0.6 is 18.9 Å². The third kappa shape index (κ3) is 9.98. The molecule has 1 aromatic heterocycles. The molecular formula is C52H62F2N5O8PS. The molecule has 4 aromatic rings. The van der Waals surface area contributed by atoms with E-state index in [-0.39, 0.29) is 65.2 Å². The Bertz CT molecular complexity index is 2570. The zero-order valence-corrected chi connectivity index (χ0v) is 40.9. The van der Waals surface area contributed by atoms with Crippen LogP contribution in [0.3, 0.4) is 0 Å². The summed E-state index contributed by atoms with van der Waals surface area (Å²) in [5, 5.41) is 6.22. The topological polar surface area (TPSA) is 147 Å². The smallest absolute Gasteiger partial charge is 0.355 e. The highest BCUT2D eigenvalue weighted by molar-refractivity contribution is 7.57. The van der Waals surface area contributed by atoms with Gasteiger partial charge in [-0.05, 0) is 131 Å². The lowest BCUT2D eigenvalue weighted by Crippen LogP contribution is -2.59. The van der Waals surface area contributed by atoms with Crippen LogP contribution in [0, 0.1) is 5.92 Å². The number of halogens is 2. The summed E-state index contributed by atoms with van der Waals surface area (Å²) in [6.45, 7) is 3.25. The quantitative estimate of drug-likeness (QED) is 0.0877. The van der Waals surface area contributed by atoms with Gasteiger partial charge in [-0.25, -0.2) is 13.9 Å². The van der Waals surface area contributed by atoms with Crippen molar-refractivity contribution in [3.8, 4) is 5.75 Å². The summed E-state index contributed by atoms with van der Waals surface area (Å²) in [5.41, 5.74) is 1.04. The second-order valence-electron chi connectivity index (χ2n) is 20.3. The Hall–Kier alpha value is -4.73. The fourth-order valence-corrected chi connectivity index (χ4v) is 14.3. The summed E-state index contributed by atoms with van der Waals surface area (Å²) in [6.07, 6.45) is 6.49. The van der Waals surface area contributed by atoms with Crippen molar-refractivity contribution in [1.82, 2.24) is 25.1 Å². The van der Waals surface area contributed by atoms with Gasteiger partial charge in [0.05, 0.1) is 18.1 Å². The molecule has 10 rings (SSSR count). The summed E-state index contributed by atoms with van der Waals surface area (Å²) < 4.78 is 63.0. The number of amides is 3. The first-order chi connectivity index (χ1) is 33.3. The summed E-state index contributed by atoms with van der Waals surface area (Å²) >= 11 is 1.18. The molecule has 1 unspecified atom stereocenters. The van der Waals surface area contributed by atoms with Crippen LogP contribution in [0.4, 0.5) is 8.78 Å². The molecule has 13 nitrogen and oxygen atoms in total. The van der Waals surface area contributed by atoms with Gasteiger partial charge in [0.15, 0.2) is 0 Å². The molecule has 17 heteroatoms. The summed E-state index contributed by atoms with van der Waals surface area (Å²) in [4.78, 5) is 63.6. The Balaban J connectivity index is 0.874. The Labute approximate surface area is 406 Å². The van der Waals surface area contributed by atoms with E-state index in [1.54, 1.807) is 47.4 Å². The number of carbonyl (C=O) groups is 4. The standard InChI is InChI=1S/C52H62F2N5O8PS/c1-32(51(63)66-31-33-19-22-65-30-33)56-68(64,67-42-11-7-4-8-12-42)47(54)35-13-18-45-36(23-35)24-46(69-45)48(60)55-43-16-14-39(57(2)41-25-38(53)26-41)27-40-15-17-44(59(40)49(43)61)50(62)58-29-37(28-52(58)20-21-52)34-9-5-3-6-10-34/h3-13,18,23-24,32-33,37-41,43-44,47H,14-17,19-22,25-31H2,1-2H3,(H,55,60)(H,56,64)/t32-,33+,37+,38?,39-,40+,41?,43-,44-,47+,68?/m0/s1. The maximum Gasteiger partial charge on any atom is 0.355 e. The predicted molar refractivity (Wildman–Crippen MR) is 259 cm³/mol.